The second kappa shape index (κ2) is 6.19. The highest BCUT2D eigenvalue weighted by Crippen LogP contribution is 2.29. The minimum absolute atomic E-state index is 0.264. The Labute approximate surface area is 139 Å². The fourth-order valence-corrected chi connectivity index (χ4v) is 2.85. The number of nitrogens with one attached hydrogen (secondary N) is 3. The topological polar surface area (TPSA) is 88.1 Å². The van der Waals surface area contributed by atoms with Crippen LogP contribution in [-0.2, 0) is 11.8 Å². The third-order valence-electron chi connectivity index (χ3n) is 3.91. The van der Waals surface area contributed by atoms with Crippen LogP contribution in [0, 0.1) is 6.92 Å². The van der Waals surface area contributed by atoms with Crippen LogP contribution in [0.2, 0.25) is 0 Å². The summed E-state index contributed by atoms with van der Waals surface area (Å²) in [6.07, 6.45) is 1.81. The lowest BCUT2D eigenvalue weighted by atomic mass is 9.95. The molecule has 0 radical (unpaired) electrons. The number of nitrogens with zero attached hydrogens (tertiary/aromatic N) is 2. The van der Waals surface area contributed by atoms with Crippen molar-refractivity contribution in [3.05, 3.63) is 59.1 Å². The van der Waals surface area contributed by atoms with Crippen LogP contribution in [0.15, 0.2) is 47.8 Å². The largest absolute Gasteiger partial charge is 0.327 e. The van der Waals surface area contributed by atoms with Gasteiger partial charge >= 0.3 is 6.03 Å². The molecule has 1 unspecified atom stereocenters. The van der Waals surface area contributed by atoms with Gasteiger partial charge in [-0.15, -0.1) is 0 Å². The molecule has 3 rings (SSSR count). The quantitative estimate of drug-likeness (QED) is 0.806. The molecule has 7 nitrogen and oxygen atoms in total. The van der Waals surface area contributed by atoms with E-state index in [2.05, 4.69) is 21.0 Å². The number of hydrogen-bond donors (Lipinski definition) is 3. The highest BCUT2D eigenvalue weighted by atomic mass is 16.2. The van der Waals surface area contributed by atoms with E-state index < -0.39 is 6.04 Å². The Kier molecular flexibility index (Phi) is 4.07. The molecule has 2 heterocycles. The van der Waals surface area contributed by atoms with Gasteiger partial charge in [0.05, 0.1) is 17.3 Å². The number of anilines is 1. The number of carbonyl (C=O) groups excluding carboxylic acids is 2. The van der Waals surface area contributed by atoms with Gasteiger partial charge in [0.1, 0.15) is 0 Å². The van der Waals surface area contributed by atoms with Crippen LogP contribution in [0.5, 0.6) is 0 Å². The molecule has 7 heteroatoms. The van der Waals surface area contributed by atoms with Gasteiger partial charge in [-0.2, -0.15) is 5.10 Å². The maximum absolute atomic E-state index is 12.8. The van der Waals surface area contributed by atoms with Gasteiger partial charge in [0.2, 0.25) is 0 Å². The molecule has 0 saturated carbocycles. The predicted molar refractivity (Wildman–Crippen MR) is 90.1 cm³/mol. The number of aromatic nitrogens is 2. The minimum atomic E-state index is -0.545. The zero-order chi connectivity index (χ0) is 17.3. The minimum Gasteiger partial charge on any atom is -0.327 e. The first-order chi connectivity index (χ1) is 11.5. The zero-order valence-corrected chi connectivity index (χ0v) is 13.8. The van der Waals surface area contributed by atoms with Gasteiger partial charge < -0.3 is 16.0 Å². The van der Waals surface area contributed by atoms with E-state index in [4.69, 9.17) is 0 Å². The molecule has 1 aromatic carbocycles. The molecule has 1 atom stereocenters. The molecule has 0 spiro atoms. The molecule has 2 aromatic rings. The summed E-state index contributed by atoms with van der Waals surface area (Å²) in [6, 6.07) is 8.32. The monoisotopic (exact) mass is 325 g/mol. The van der Waals surface area contributed by atoms with Crippen molar-refractivity contribution in [1.29, 1.82) is 0 Å². The van der Waals surface area contributed by atoms with Gasteiger partial charge in [-0.1, -0.05) is 18.2 Å². The van der Waals surface area contributed by atoms with Crippen molar-refractivity contribution in [2.75, 3.05) is 5.32 Å². The normalized spacial score (nSPS) is 17.3. The number of carbonyl (C=O) groups is 2. The molecule has 0 aliphatic carbocycles. The van der Waals surface area contributed by atoms with Crippen molar-refractivity contribution in [2.45, 2.75) is 19.9 Å². The van der Waals surface area contributed by atoms with Crippen LogP contribution in [0.25, 0.3) is 0 Å². The SMILES string of the molecule is CC1=C(C(=O)Nc2ccccc2)C(c2cn(C)nc2C)NC(=O)N1. The summed E-state index contributed by atoms with van der Waals surface area (Å²) in [7, 11) is 1.81. The molecule has 124 valence electrons. The summed E-state index contributed by atoms with van der Waals surface area (Å²) in [6.45, 7) is 3.57. The average molecular weight is 325 g/mol. The van der Waals surface area contributed by atoms with Gasteiger partial charge in [-0.25, -0.2) is 4.79 Å². The summed E-state index contributed by atoms with van der Waals surface area (Å²) < 4.78 is 1.67. The Morgan fingerprint density at radius 3 is 2.58 bits per heavy atom. The van der Waals surface area contributed by atoms with Crippen LogP contribution >= 0.6 is 0 Å². The van der Waals surface area contributed by atoms with Crippen molar-refractivity contribution < 1.29 is 9.59 Å². The number of benzene rings is 1. The molecule has 0 fully saturated rings. The molecule has 1 aliphatic heterocycles. The number of urea groups is 1. The first-order valence-corrected chi connectivity index (χ1v) is 7.60. The second-order valence-corrected chi connectivity index (χ2v) is 5.73. The first-order valence-electron chi connectivity index (χ1n) is 7.60. The van der Waals surface area contributed by atoms with Crippen LogP contribution in [0.1, 0.15) is 24.2 Å². The number of rotatable bonds is 3. The highest BCUT2D eigenvalue weighted by Gasteiger charge is 2.33. The van der Waals surface area contributed by atoms with Gasteiger partial charge in [-0.3, -0.25) is 9.48 Å². The maximum atomic E-state index is 12.8. The number of hydrogen-bond acceptors (Lipinski definition) is 3. The fourth-order valence-electron chi connectivity index (χ4n) is 2.85. The molecular weight excluding hydrogens is 306 g/mol. The van der Waals surface area contributed by atoms with E-state index in [0.29, 0.717) is 17.0 Å². The highest BCUT2D eigenvalue weighted by molar-refractivity contribution is 6.06. The molecule has 1 aromatic heterocycles. The van der Waals surface area contributed by atoms with E-state index in [1.54, 1.807) is 18.7 Å². The van der Waals surface area contributed by atoms with E-state index in [9.17, 15) is 9.59 Å². The predicted octanol–water partition coefficient (Wildman–Crippen LogP) is 2.00. The van der Waals surface area contributed by atoms with E-state index in [1.165, 1.54) is 0 Å². The molecule has 24 heavy (non-hydrogen) atoms. The summed E-state index contributed by atoms with van der Waals surface area (Å²) in [5.74, 6) is -0.264. The Balaban J connectivity index is 1.97. The lowest BCUT2D eigenvalue weighted by Crippen LogP contribution is -2.46. The number of allylic oxidation sites excluding steroid dienone is 1. The van der Waals surface area contributed by atoms with Gasteiger partial charge in [0, 0.05) is 30.2 Å². The fraction of sp³-hybridized carbons (Fsp3) is 0.235. The molecule has 3 N–H and O–H groups in total. The molecule has 0 bridgehead atoms. The summed E-state index contributed by atoms with van der Waals surface area (Å²) in [5, 5.41) is 12.6. The van der Waals surface area contributed by atoms with Gasteiger partial charge in [0.25, 0.3) is 5.91 Å². The molecule has 0 saturated heterocycles. The molecule has 3 amide bonds. The number of amides is 3. The average Bonchev–Trinajstić information content (AvgIpc) is 2.85. The Morgan fingerprint density at radius 1 is 1.25 bits per heavy atom. The summed E-state index contributed by atoms with van der Waals surface area (Å²) >= 11 is 0. The number of aryl methyl sites for hydroxylation is 2. The van der Waals surface area contributed by atoms with Crippen molar-refractivity contribution in [1.82, 2.24) is 20.4 Å². The van der Waals surface area contributed by atoms with E-state index >= 15 is 0 Å². The first kappa shape index (κ1) is 15.8. The van der Waals surface area contributed by atoms with Crippen molar-refractivity contribution in [2.24, 2.45) is 7.05 Å². The van der Waals surface area contributed by atoms with E-state index in [0.717, 1.165) is 11.3 Å². The van der Waals surface area contributed by atoms with Crippen molar-refractivity contribution >= 4 is 17.6 Å². The van der Waals surface area contributed by atoms with E-state index in [-0.39, 0.29) is 11.9 Å². The van der Waals surface area contributed by atoms with Crippen molar-refractivity contribution in [3.63, 3.8) is 0 Å². The van der Waals surface area contributed by atoms with E-state index in [1.807, 2.05) is 43.5 Å². The Hall–Kier alpha value is -3.09. The third kappa shape index (κ3) is 3.01. The van der Waals surface area contributed by atoms with Gasteiger partial charge in [-0.05, 0) is 26.0 Å². The Morgan fingerprint density at radius 2 is 1.96 bits per heavy atom. The molecule has 1 aliphatic rings. The smallest absolute Gasteiger partial charge is 0.319 e. The Bertz CT molecular complexity index is 823. The third-order valence-corrected chi connectivity index (χ3v) is 3.91. The summed E-state index contributed by atoms with van der Waals surface area (Å²) in [5.41, 5.74) is 3.25. The van der Waals surface area contributed by atoms with Crippen LogP contribution in [0.4, 0.5) is 10.5 Å². The van der Waals surface area contributed by atoms with Crippen LogP contribution < -0.4 is 16.0 Å². The second-order valence-electron chi connectivity index (χ2n) is 5.73. The van der Waals surface area contributed by atoms with Crippen LogP contribution in [0.3, 0.4) is 0 Å². The van der Waals surface area contributed by atoms with Gasteiger partial charge in [0.15, 0.2) is 0 Å². The lowest BCUT2D eigenvalue weighted by molar-refractivity contribution is -0.113. The number of para-hydroxylation sites is 1. The lowest BCUT2D eigenvalue weighted by Gasteiger charge is -2.28. The maximum Gasteiger partial charge on any atom is 0.319 e. The van der Waals surface area contributed by atoms with Crippen LogP contribution in [-0.4, -0.2) is 21.7 Å². The molecular formula is C17H19N5O2. The zero-order valence-electron chi connectivity index (χ0n) is 13.8. The standard InChI is InChI=1S/C17H19N5O2/c1-10-13(9-22(3)21-10)15-14(11(2)18-17(24)20-15)16(23)19-12-7-5-4-6-8-12/h4-9,15H,1-3H3,(H,19,23)(H2,18,20,24). The summed E-state index contributed by atoms with van der Waals surface area (Å²) in [4.78, 5) is 24.7. The van der Waals surface area contributed by atoms with Crippen molar-refractivity contribution in [3.8, 4) is 0 Å².